The quantitative estimate of drug-likeness (QED) is 0.162. The van der Waals surface area contributed by atoms with Crippen molar-refractivity contribution in [1.29, 1.82) is 0 Å². The summed E-state index contributed by atoms with van der Waals surface area (Å²) < 4.78 is 0. The van der Waals surface area contributed by atoms with Gasteiger partial charge in [0.15, 0.2) is 0 Å². The Balaban J connectivity index is 0.000000311. The van der Waals surface area contributed by atoms with E-state index in [4.69, 9.17) is 0 Å². The molecule has 0 heterocycles. The van der Waals surface area contributed by atoms with Crippen LogP contribution in [0, 0.1) is 24.3 Å². The summed E-state index contributed by atoms with van der Waals surface area (Å²) in [6.45, 7) is 9.09. The van der Waals surface area contributed by atoms with Crippen LogP contribution in [0.5, 0.6) is 0 Å². The van der Waals surface area contributed by atoms with Crippen LogP contribution in [0.2, 0.25) is 0 Å². The van der Waals surface area contributed by atoms with Crippen molar-refractivity contribution in [1.82, 2.24) is 0 Å². The van der Waals surface area contributed by atoms with Crippen LogP contribution in [-0.2, 0) is 10.8 Å². The first-order chi connectivity index (χ1) is 21.3. The Morgan fingerprint density at radius 2 is 0.646 bits per heavy atom. The standard InChI is InChI=1S/C24H24.C20H12.4K/c1-23(2,19-11-7-5-8-12-19)21-15-17-22(18-16-21)24(3,4)20-13-9-6-10-14-20;1-3-7-17-13-19(11-9-15(17)5-1)20-12-10-16-6-2-4-8-18(16)14-20;;;;/h7-18H,1-4H3;3-14H;;;;/q2*-2;4*+1. The van der Waals surface area contributed by atoms with E-state index >= 15 is 0 Å². The molecule has 0 aliphatic heterocycles. The second-order valence-corrected chi connectivity index (χ2v) is 12.4. The fourth-order valence-electron chi connectivity index (χ4n) is 5.86. The molecule has 0 atom stereocenters. The van der Waals surface area contributed by atoms with Crippen LogP contribution in [0.25, 0.3) is 32.7 Å². The van der Waals surface area contributed by atoms with E-state index in [0.717, 1.165) is 0 Å². The van der Waals surface area contributed by atoms with E-state index in [1.54, 1.807) is 0 Å². The zero-order valence-electron chi connectivity index (χ0n) is 29.9. The predicted octanol–water partition coefficient (Wildman–Crippen LogP) is -0.785. The van der Waals surface area contributed by atoms with Gasteiger partial charge in [-0.25, -0.2) is 0 Å². The summed E-state index contributed by atoms with van der Waals surface area (Å²) in [5.74, 6) is 0. The molecular formula is C44H36K4. The molecule has 0 aliphatic carbocycles. The van der Waals surface area contributed by atoms with Gasteiger partial charge >= 0.3 is 206 Å². The number of hydrogen-bond donors (Lipinski definition) is 0. The van der Waals surface area contributed by atoms with Gasteiger partial charge in [0, 0.05) is 0 Å². The van der Waals surface area contributed by atoms with E-state index in [0.29, 0.717) is 0 Å². The summed E-state index contributed by atoms with van der Waals surface area (Å²) in [5, 5.41) is 4.96. The maximum absolute atomic E-state index is 3.12. The average molecular weight is 721 g/mol. The number of rotatable bonds is 5. The minimum Gasteiger partial charge on any atom is -0.184 e. The van der Waals surface area contributed by atoms with Gasteiger partial charge in [-0.3, -0.25) is 0 Å². The minimum absolute atomic E-state index is 0. The van der Waals surface area contributed by atoms with Crippen molar-refractivity contribution in [2.75, 3.05) is 0 Å². The Bertz CT molecular complexity index is 1850. The third-order valence-electron chi connectivity index (χ3n) is 8.91. The van der Waals surface area contributed by atoms with Gasteiger partial charge in [0.2, 0.25) is 0 Å². The Morgan fingerprint density at radius 1 is 0.333 bits per heavy atom. The molecule has 0 aliphatic rings. The number of benzene rings is 7. The zero-order valence-corrected chi connectivity index (χ0v) is 42.3. The fraction of sp³-hybridized carbons (Fsp3) is 0.136. The summed E-state index contributed by atoms with van der Waals surface area (Å²) in [7, 11) is 0. The average Bonchev–Trinajstić information content (AvgIpc) is 3.09. The van der Waals surface area contributed by atoms with Crippen molar-refractivity contribution in [3.63, 3.8) is 0 Å². The first kappa shape index (κ1) is 45.8. The van der Waals surface area contributed by atoms with Gasteiger partial charge in [-0.1, -0.05) is 76.2 Å². The van der Waals surface area contributed by atoms with Crippen LogP contribution in [0.4, 0.5) is 0 Å². The van der Waals surface area contributed by atoms with E-state index in [2.05, 4.69) is 149 Å². The SMILES string of the molecule is CC(C)(c1cc[c-]cc1)c1ccc(C(C)(C)c2cc[c-]cc2)cc1.[K+].[K+].[K+].[K+].[c-]1ccc2cc(-c3ccc4c[c-]ccc4c3)ccc2c1. The van der Waals surface area contributed by atoms with Crippen molar-refractivity contribution in [2.45, 2.75) is 38.5 Å². The molecule has 4 heteroatoms. The van der Waals surface area contributed by atoms with Gasteiger partial charge in [0.1, 0.15) is 0 Å². The van der Waals surface area contributed by atoms with E-state index in [1.165, 1.54) is 54.9 Å². The van der Waals surface area contributed by atoms with E-state index in [-0.39, 0.29) is 216 Å². The van der Waals surface area contributed by atoms with Crippen LogP contribution in [-0.4, -0.2) is 0 Å². The molecule has 7 aromatic rings. The van der Waals surface area contributed by atoms with E-state index in [1.807, 2.05) is 48.5 Å². The van der Waals surface area contributed by atoms with Crippen molar-refractivity contribution < 1.29 is 206 Å². The van der Waals surface area contributed by atoms with Crippen molar-refractivity contribution in [3.8, 4) is 11.1 Å². The van der Waals surface area contributed by atoms with Gasteiger partial charge in [0.05, 0.1) is 0 Å². The first-order valence-corrected chi connectivity index (χ1v) is 15.2. The molecular weight excluding hydrogens is 685 g/mol. The maximum atomic E-state index is 3.12. The largest absolute Gasteiger partial charge is 1.00 e. The molecule has 7 rings (SSSR count). The molecule has 0 amide bonds. The van der Waals surface area contributed by atoms with Crippen molar-refractivity contribution in [2.24, 2.45) is 0 Å². The molecule has 0 spiro atoms. The fourth-order valence-corrected chi connectivity index (χ4v) is 5.86. The minimum atomic E-state index is -0.0144. The molecule has 0 unspecified atom stereocenters. The number of hydrogen-bond acceptors (Lipinski definition) is 0. The van der Waals surface area contributed by atoms with Crippen LogP contribution < -0.4 is 206 Å². The molecule has 0 N–H and O–H groups in total. The van der Waals surface area contributed by atoms with Crippen LogP contribution >= 0.6 is 0 Å². The Morgan fingerprint density at radius 3 is 1.00 bits per heavy atom. The summed E-state index contributed by atoms with van der Waals surface area (Å²) in [4.78, 5) is 0. The third-order valence-corrected chi connectivity index (χ3v) is 8.91. The molecule has 0 fully saturated rings. The zero-order chi connectivity index (χ0) is 30.6. The second kappa shape index (κ2) is 21.5. The molecule has 7 aromatic carbocycles. The third kappa shape index (κ3) is 11.3. The molecule has 0 saturated carbocycles. The number of fused-ring (bicyclic) bond motifs is 2. The second-order valence-electron chi connectivity index (χ2n) is 12.4. The molecule has 216 valence electrons. The van der Waals surface area contributed by atoms with E-state index < -0.39 is 0 Å². The summed E-state index contributed by atoms with van der Waals surface area (Å²) >= 11 is 0. The molecule has 48 heavy (non-hydrogen) atoms. The first-order valence-electron chi connectivity index (χ1n) is 15.2. The molecule has 0 aromatic heterocycles. The Labute approximate surface area is 458 Å². The molecule has 0 saturated heterocycles. The molecule has 0 nitrogen and oxygen atoms in total. The van der Waals surface area contributed by atoms with Gasteiger partial charge in [-0.05, 0) is 33.1 Å². The van der Waals surface area contributed by atoms with E-state index in [9.17, 15) is 0 Å². The van der Waals surface area contributed by atoms with Gasteiger partial charge in [-0.2, -0.15) is 109 Å². The predicted molar refractivity (Wildman–Crippen MR) is 186 cm³/mol. The van der Waals surface area contributed by atoms with Crippen molar-refractivity contribution in [3.05, 3.63) is 192 Å². The van der Waals surface area contributed by atoms with Crippen LogP contribution in [0.3, 0.4) is 0 Å². The summed E-state index contributed by atoms with van der Waals surface area (Å²) in [6.07, 6.45) is 0. The topological polar surface area (TPSA) is 0 Å². The monoisotopic (exact) mass is 720 g/mol. The van der Waals surface area contributed by atoms with Gasteiger partial charge in [-0.15, -0.1) is 44.8 Å². The van der Waals surface area contributed by atoms with Gasteiger partial charge < -0.3 is 0 Å². The molecule has 0 radical (unpaired) electrons. The van der Waals surface area contributed by atoms with Crippen molar-refractivity contribution >= 4 is 21.5 Å². The summed E-state index contributed by atoms with van der Waals surface area (Å²) in [5.41, 5.74) is 7.75. The van der Waals surface area contributed by atoms with Crippen LogP contribution in [0.1, 0.15) is 49.9 Å². The molecule has 0 bridgehead atoms. The Hall–Kier alpha value is 1.61. The maximum Gasteiger partial charge on any atom is 1.00 e. The summed E-state index contributed by atoms with van der Waals surface area (Å²) in [6, 6.07) is 63.4. The van der Waals surface area contributed by atoms with Gasteiger partial charge in [0.25, 0.3) is 0 Å². The Kier molecular flexibility index (Phi) is 20.5. The van der Waals surface area contributed by atoms with Crippen LogP contribution in [0.15, 0.2) is 146 Å². The smallest absolute Gasteiger partial charge is 0.184 e. The normalized spacial score (nSPS) is 10.7.